The lowest BCUT2D eigenvalue weighted by Gasteiger charge is -2.52. The lowest BCUT2D eigenvalue weighted by atomic mass is 9.93. The summed E-state index contributed by atoms with van der Waals surface area (Å²) in [5, 5.41) is 8.72. The summed E-state index contributed by atoms with van der Waals surface area (Å²) in [7, 11) is 0. The van der Waals surface area contributed by atoms with E-state index in [1.807, 2.05) is 66.7 Å². The molecule has 0 aromatic heterocycles. The summed E-state index contributed by atoms with van der Waals surface area (Å²) in [6, 6.07) is 42.2. The van der Waals surface area contributed by atoms with Gasteiger partial charge in [-0.05, 0) is 49.2 Å². The van der Waals surface area contributed by atoms with Crippen molar-refractivity contribution in [2.24, 2.45) is 0 Å². The Morgan fingerprint density at radius 2 is 1.14 bits per heavy atom. The van der Waals surface area contributed by atoms with Gasteiger partial charge >= 0.3 is 11.9 Å². The zero-order valence-corrected chi connectivity index (χ0v) is 42.2. The molecule has 386 valence electrons. The molecule has 11 atom stereocenters. The second-order valence-corrected chi connectivity index (χ2v) is 20.0. The number of alkyl halides is 3. The summed E-state index contributed by atoms with van der Waals surface area (Å²) >= 11 is 18.6. The number of benzene rings is 5. The Hall–Kier alpha value is -6.02. The SMILES string of the molecule is CC1=C(C)C(=O)N([C@H]2[C@H](OC(=N)C(Cl)(Cl)Cl)O[C@H](COCc3ccccc3)[C@@H](O[C@@H]3O[C@@H]4CO[C@@H](c5ccccc5)O[C@H]4[C@H](OC(=O)c4ccccc4)[C@@H]3OC(=O)c3ccccc3)[C@@H]2OCc2ccccc2)C1=O. The molecule has 4 aliphatic heterocycles. The summed E-state index contributed by atoms with van der Waals surface area (Å²) in [6.45, 7) is 2.51. The third kappa shape index (κ3) is 12.1. The van der Waals surface area contributed by atoms with Gasteiger partial charge in [-0.2, -0.15) is 0 Å². The molecule has 74 heavy (non-hydrogen) atoms. The van der Waals surface area contributed by atoms with Gasteiger partial charge in [0.05, 0.1) is 37.6 Å². The van der Waals surface area contributed by atoms with E-state index in [1.165, 1.54) is 13.8 Å². The van der Waals surface area contributed by atoms with Crippen LogP contribution in [-0.4, -0.2) is 113 Å². The highest BCUT2D eigenvalue weighted by atomic mass is 35.6. The summed E-state index contributed by atoms with van der Waals surface area (Å²) < 4.78 is 63.0. The number of amides is 2. The molecule has 9 rings (SSSR count). The topological polar surface area (TPSA) is 188 Å². The smallest absolute Gasteiger partial charge is 0.338 e. The lowest BCUT2D eigenvalue weighted by Crippen LogP contribution is -2.70. The number of carbonyl (C=O) groups is 4. The van der Waals surface area contributed by atoms with Crippen LogP contribution in [-0.2, 0) is 70.2 Å². The Morgan fingerprint density at radius 1 is 0.622 bits per heavy atom. The van der Waals surface area contributed by atoms with Gasteiger partial charge < -0.3 is 47.4 Å². The molecule has 19 heteroatoms. The van der Waals surface area contributed by atoms with E-state index in [1.54, 1.807) is 84.9 Å². The minimum absolute atomic E-state index is 0.0725. The average molecular weight is 1070 g/mol. The zero-order chi connectivity index (χ0) is 51.9. The third-order valence-electron chi connectivity index (χ3n) is 12.9. The number of halogens is 3. The second-order valence-electron chi connectivity index (χ2n) is 17.8. The molecule has 5 aromatic rings. The quantitative estimate of drug-likeness (QED) is 0.0325. The van der Waals surface area contributed by atoms with Crippen molar-refractivity contribution in [2.75, 3.05) is 13.2 Å². The van der Waals surface area contributed by atoms with Gasteiger partial charge in [0.2, 0.25) is 12.2 Å². The van der Waals surface area contributed by atoms with Crippen molar-refractivity contribution in [1.29, 1.82) is 5.41 Å². The molecule has 16 nitrogen and oxygen atoms in total. The minimum Gasteiger partial charge on any atom is -0.452 e. The zero-order valence-electron chi connectivity index (χ0n) is 39.9. The number of rotatable bonds is 16. The number of fused-ring (bicyclic) bond motifs is 1. The lowest BCUT2D eigenvalue weighted by molar-refractivity contribution is -0.381. The summed E-state index contributed by atoms with van der Waals surface area (Å²) in [5.74, 6) is -3.94. The van der Waals surface area contributed by atoms with Crippen molar-refractivity contribution >= 4 is 64.5 Å². The highest BCUT2D eigenvalue weighted by molar-refractivity contribution is 6.76. The Morgan fingerprint density at radius 3 is 1.69 bits per heavy atom. The Kier molecular flexibility index (Phi) is 16.9. The fourth-order valence-corrected chi connectivity index (χ4v) is 9.13. The second kappa shape index (κ2) is 23.7. The Balaban J connectivity index is 1.17. The van der Waals surface area contributed by atoms with E-state index in [9.17, 15) is 19.2 Å². The van der Waals surface area contributed by atoms with E-state index in [0.717, 1.165) is 10.5 Å². The Bertz CT molecular complexity index is 2770. The molecule has 5 aromatic carbocycles. The fourth-order valence-electron chi connectivity index (χ4n) is 8.99. The van der Waals surface area contributed by atoms with Crippen molar-refractivity contribution in [1.82, 2.24) is 4.90 Å². The van der Waals surface area contributed by atoms with Gasteiger partial charge in [-0.15, -0.1) is 0 Å². The molecule has 0 saturated carbocycles. The molecule has 0 unspecified atom stereocenters. The maximum atomic E-state index is 14.4. The standard InChI is InChI=1S/C55H51Cl3N2O14/c1-32-33(2)48(62)60(47(32)61)41-44(66-29-35-20-10-4-11-21-35)42(39(30-65-28-34-18-8-3-9-19-34)68-52(41)74-54(59)55(56,57)58)73-53-46(71-50(64)37-24-14-6-15-25-37)45(70-49(63)36-22-12-5-13-23-36)43-40(69-53)31-67-51(72-43)38-26-16-7-17-27-38/h3-27,39-46,51-53,59H,28-31H2,1-2H3/t39-,40-,41-,42-,43-,44-,45+,46+,51-,52+,53+/m1/s1. The van der Waals surface area contributed by atoms with E-state index >= 15 is 0 Å². The number of hydrogen-bond donors (Lipinski definition) is 1. The molecular weight excluding hydrogens is 1020 g/mol. The number of esters is 2. The van der Waals surface area contributed by atoms with Crippen LogP contribution in [0.3, 0.4) is 0 Å². The van der Waals surface area contributed by atoms with Crippen molar-refractivity contribution in [3.63, 3.8) is 0 Å². The summed E-state index contributed by atoms with van der Waals surface area (Å²) in [5.41, 5.74) is 2.72. The Labute approximate surface area is 441 Å². The van der Waals surface area contributed by atoms with Gasteiger partial charge in [-0.25, -0.2) is 9.59 Å². The van der Waals surface area contributed by atoms with E-state index < -0.39 is 101 Å². The molecule has 1 N–H and O–H groups in total. The number of carbonyl (C=O) groups excluding carboxylic acids is 4. The molecule has 4 aliphatic rings. The van der Waals surface area contributed by atoms with Gasteiger partial charge in [0.25, 0.3) is 15.6 Å². The molecular formula is C55H51Cl3N2O14. The first-order valence-electron chi connectivity index (χ1n) is 23.7. The predicted octanol–water partition coefficient (Wildman–Crippen LogP) is 8.63. The minimum atomic E-state index is -2.43. The number of imide groups is 1. The molecule has 2 amide bonds. The largest absolute Gasteiger partial charge is 0.452 e. The van der Waals surface area contributed by atoms with Crippen LogP contribution in [0.25, 0.3) is 0 Å². The van der Waals surface area contributed by atoms with E-state index in [2.05, 4.69) is 0 Å². The van der Waals surface area contributed by atoms with Crippen LogP contribution in [0.15, 0.2) is 163 Å². The van der Waals surface area contributed by atoms with Gasteiger partial charge in [0.1, 0.15) is 36.6 Å². The first kappa shape index (κ1) is 52.8. The molecule has 0 radical (unpaired) electrons. The fraction of sp³-hybridized carbons (Fsp3) is 0.327. The van der Waals surface area contributed by atoms with Crippen molar-refractivity contribution in [3.8, 4) is 0 Å². The van der Waals surface area contributed by atoms with Crippen molar-refractivity contribution < 1.29 is 66.5 Å². The average Bonchev–Trinajstić information content (AvgIpc) is 3.61. The monoisotopic (exact) mass is 1070 g/mol. The van der Waals surface area contributed by atoms with Crippen LogP contribution in [0.5, 0.6) is 0 Å². The van der Waals surface area contributed by atoms with Gasteiger partial charge in [-0.3, -0.25) is 19.9 Å². The molecule has 0 spiro atoms. The summed E-state index contributed by atoms with van der Waals surface area (Å²) in [6.07, 6.45) is -13.9. The first-order chi connectivity index (χ1) is 35.7. The number of ether oxygens (including phenoxy) is 10. The molecule has 4 heterocycles. The number of nitrogens with zero attached hydrogens (tertiary/aromatic N) is 1. The van der Waals surface area contributed by atoms with Crippen LogP contribution >= 0.6 is 34.8 Å². The van der Waals surface area contributed by atoms with Crippen LogP contribution in [0.2, 0.25) is 0 Å². The van der Waals surface area contributed by atoms with Crippen LogP contribution in [0.1, 0.15) is 57.5 Å². The van der Waals surface area contributed by atoms with Gasteiger partial charge in [0.15, 0.2) is 24.8 Å². The van der Waals surface area contributed by atoms with Gasteiger partial charge in [0, 0.05) is 16.7 Å². The highest BCUT2D eigenvalue weighted by Crippen LogP contribution is 2.42. The van der Waals surface area contributed by atoms with Crippen molar-refractivity contribution in [2.45, 2.75) is 98.5 Å². The number of hydrogen-bond acceptors (Lipinski definition) is 15. The van der Waals surface area contributed by atoms with Gasteiger partial charge in [-0.1, -0.05) is 162 Å². The first-order valence-corrected chi connectivity index (χ1v) is 24.8. The molecule has 0 aliphatic carbocycles. The van der Waals surface area contributed by atoms with E-state index in [0.29, 0.717) is 11.1 Å². The van der Waals surface area contributed by atoms with Crippen LogP contribution < -0.4 is 0 Å². The predicted molar refractivity (Wildman–Crippen MR) is 268 cm³/mol. The normalized spacial score (nSPS) is 27.0. The number of nitrogens with one attached hydrogen (secondary N) is 1. The molecule has 3 fully saturated rings. The van der Waals surface area contributed by atoms with E-state index in [-0.39, 0.29) is 48.7 Å². The highest BCUT2D eigenvalue weighted by Gasteiger charge is 2.60. The summed E-state index contributed by atoms with van der Waals surface area (Å²) in [4.78, 5) is 58.3. The maximum Gasteiger partial charge on any atom is 0.338 e. The molecule has 3 saturated heterocycles. The van der Waals surface area contributed by atoms with Crippen molar-refractivity contribution in [3.05, 3.63) is 191 Å². The van der Waals surface area contributed by atoms with Crippen LogP contribution in [0.4, 0.5) is 0 Å². The van der Waals surface area contributed by atoms with Crippen LogP contribution in [0, 0.1) is 5.41 Å². The third-order valence-corrected chi connectivity index (χ3v) is 13.4. The maximum absolute atomic E-state index is 14.4. The van der Waals surface area contributed by atoms with E-state index in [4.69, 9.17) is 87.6 Å². The molecule has 0 bridgehead atoms.